The third-order valence-electron chi connectivity index (χ3n) is 3.14. The van der Waals surface area contributed by atoms with Crippen LogP contribution in [-0.2, 0) is 6.42 Å². The molecule has 2 N–H and O–H groups in total. The molecule has 0 radical (unpaired) electrons. The molecule has 0 bridgehead atoms. The Labute approximate surface area is 111 Å². The number of methoxy groups -OCH3 is 1. The van der Waals surface area contributed by atoms with Crippen molar-refractivity contribution in [3.8, 4) is 22.9 Å². The lowest BCUT2D eigenvalue weighted by molar-refractivity contribution is 0.263. The molecule has 0 aliphatic carbocycles. The van der Waals surface area contributed by atoms with Gasteiger partial charge in [0.05, 0.1) is 7.11 Å². The molecule has 0 spiro atoms. The lowest BCUT2D eigenvalue weighted by atomic mass is 9.99. The molecule has 0 amide bonds. The van der Waals surface area contributed by atoms with Gasteiger partial charge in [0.1, 0.15) is 12.4 Å². The maximum Gasteiger partial charge on any atom is 0.316 e. The first kappa shape index (κ1) is 11.9. The quantitative estimate of drug-likeness (QED) is 0.881. The summed E-state index contributed by atoms with van der Waals surface area (Å²) >= 11 is 0. The highest BCUT2D eigenvalue weighted by Crippen LogP contribution is 2.29. The van der Waals surface area contributed by atoms with E-state index in [1.165, 1.54) is 0 Å². The van der Waals surface area contributed by atoms with Crippen molar-refractivity contribution in [1.29, 1.82) is 0 Å². The van der Waals surface area contributed by atoms with E-state index < -0.39 is 0 Å². The first-order chi connectivity index (χ1) is 9.26. The molecule has 1 aromatic heterocycles. The summed E-state index contributed by atoms with van der Waals surface area (Å²) < 4.78 is 10.5. The van der Waals surface area contributed by atoms with E-state index in [9.17, 15) is 0 Å². The van der Waals surface area contributed by atoms with Crippen molar-refractivity contribution in [3.05, 3.63) is 36.2 Å². The summed E-state index contributed by atoms with van der Waals surface area (Å²) in [6.07, 6.45) is 4.33. The Bertz CT molecular complexity index is 584. The number of hydrogen-bond donors (Lipinski definition) is 1. The zero-order chi connectivity index (χ0) is 13.2. The van der Waals surface area contributed by atoms with Crippen LogP contribution >= 0.6 is 0 Å². The Balaban J connectivity index is 1.94. The number of rotatable bonds is 2. The number of benzene rings is 1. The number of hydrogen-bond acceptors (Lipinski definition) is 5. The summed E-state index contributed by atoms with van der Waals surface area (Å²) in [4.78, 5) is 8.22. The molecule has 1 atom stereocenters. The number of aromatic nitrogens is 2. The molecule has 19 heavy (non-hydrogen) atoms. The van der Waals surface area contributed by atoms with E-state index in [-0.39, 0.29) is 6.04 Å². The van der Waals surface area contributed by atoms with Crippen LogP contribution in [0.4, 0.5) is 0 Å². The van der Waals surface area contributed by atoms with Gasteiger partial charge in [-0.2, -0.15) is 0 Å². The molecule has 5 heteroatoms. The minimum absolute atomic E-state index is 0.0647. The summed E-state index contributed by atoms with van der Waals surface area (Å²) in [5.41, 5.74) is 9.04. The van der Waals surface area contributed by atoms with E-state index >= 15 is 0 Å². The second-order valence-electron chi connectivity index (χ2n) is 4.56. The summed E-state index contributed by atoms with van der Waals surface area (Å²) in [5, 5.41) is 0. The molecule has 2 aromatic rings. The highest BCUT2D eigenvalue weighted by atomic mass is 16.5. The Morgan fingerprint density at radius 1 is 1.26 bits per heavy atom. The molecule has 0 saturated heterocycles. The average molecular weight is 257 g/mol. The molecule has 2 heterocycles. The monoisotopic (exact) mass is 257 g/mol. The summed E-state index contributed by atoms with van der Waals surface area (Å²) in [5.74, 6) is 0.917. The van der Waals surface area contributed by atoms with Crippen molar-refractivity contribution in [2.75, 3.05) is 13.7 Å². The van der Waals surface area contributed by atoms with Crippen LogP contribution in [0.15, 0.2) is 30.6 Å². The number of nitrogens with two attached hydrogens (primary N) is 1. The number of ether oxygens (including phenoxy) is 2. The average Bonchev–Trinajstić information content (AvgIpc) is 2.46. The van der Waals surface area contributed by atoms with E-state index in [0.717, 1.165) is 28.9 Å². The Kier molecular flexibility index (Phi) is 3.05. The largest absolute Gasteiger partial charge is 0.492 e. The maximum absolute atomic E-state index is 5.91. The van der Waals surface area contributed by atoms with Gasteiger partial charge >= 0.3 is 6.01 Å². The van der Waals surface area contributed by atoms with Gasteiger partial charge in [-0.15, -0.1) is 0 Å². The standard InChI is InChI=1S/C14H15N3O2/c1-18-14-16-6-11(7-17-14)9-2-3-13-10(4-9)5-12(15)8-19-13/h2-4,6-7,12H,5,8,15H2,1H3/t12-/m1/s1. The highest BCUT2D eigenvalue weighted by molar-refractivity contribution is 5.64. The third kappa shape index (κ3) is 2.37. The summed E-state index contributed by atoms with van der Waals surface area (Å²) in [6, 6.07) is 6.49. The van der Waals surface area contributed by atoms with Crippen molar-refractivity contribution in [1.82, 2.24) is 9.97 Å². The predicted molar refractivity (Wildman–Crippen MR) is 71.2 cm³/mol. The molecular formula is C14H15N3O2. The van der Waals surface area contributed by atoms with Crippen LogP contribution in [0.25, 0.3) is 11.1 Å². The zero-order valence-electron chi connectivity index (χ0n) is 10.7. The molecule has 1 aromatic carbocycles. The van der Waals surface area contributed by atoms with Crippen molar-refractivity contribution in [2.45, 2.75) is 12.5 Å². The van der Waals surface area contributed by atoms with Crippen LogP contribution in [0.3, 0.4) is 0 Å². The van der Waals surface area contributed by atoms with Gasteiger partial charge in [0.2, 0.25) is 0 Å². The van der Waals surface area contributed by atoms with E-state index in [1.54, 1.807) is 19.5 Å². The van der Waals surface area contributed by atoms with Crippen LogP contribution in [-0.4, -0.2) is 29.7 Å². The van der Waals surface area contributed by atoms with Gasteiger partial charge < -0.3 is 15.2 Å². The van der Waals surface area contributed by atoms with E-state index in [0.29, 0.717) is 12.6 Å². The molecule has 3 rings (SSSR count). The second-order valence-corrected chi connectivity index (χ2v) is 4.56. The van der Waals surface area contributed by atoms with Crippen LogP contribution in [0.2, 0.25) is 0 Å². The fourth-order valence-corrected chi connectivity index (χ4v) is 2.17. The molecule has 0 saturated carbocycles. The minimum Gasteiger partial charge on any atom is -0.492 e. The van der Waals surface area contributed by atoms with Crippen LogP contribution in [0.5, 0.6) is 11.8 Å². The van der Waals surface area contributed by atoms with E-state index in [1.807, 2.05) is 12.1 Å². The summed E-state index contributed by atoms with van der Waals surface area (Å²) in [7, 11) is 1.55. The molecule has 1 aliphatic rings. The highest BCUT2D eigenvalue weighted by Gasteiger charge is 2.17. The molecule has 0 unspecified atom stereocenters. The van der Waals surface area contributed by atoms with Gasteiger partial charge in [-0.3, -0.25) is 0 Å². The number of nitrogens with zero attached hydrogens (tertiary/aromatic N) is 2. The normalized spacial score (nSPS) is 17.5. The third-order valence-corrected chi connectivity index (χ3v) is 3.14. The van der Waals surface area contributed by atoms with E-state index in [4.69, 9.17) is 15.2 Å². The first-order valence-corrected chi connectivity index (χ1v) is 6.14. The molecule has 1 aliphatic heterocycles. The van der Waals surface area contributed by atoms with Gasteiger partial charge in [0, 0.05) is 24.0 Å². The van der Waals surface area contributed by atoms with E-state index in [2.05, 4.69) is 16.0 Å². The van der Waals surface area contributed by atoms with Gasteiger partial charge in [0.15, 0.2) is 0 Å². The van der Waals surface area contributed by atoms with Crippen LogP contribution < -0.4 is 15.2 Å². The minimum atomic E-state index is 0.0647. The first-order valence-electron chi connectivity index (χ1n) is 6.14. The second kappa shape index (κ2) is 4.85. The zero-order valence-corrected chi connectivity index (χ0v) is 10.7. The lowest BCUT2D eigenvalue weighted by Crippen LogP contribution is -2.33. The predicted octanol–water partition coefficient (Wildman–Crippen LogP) is 1.41. The van der Waals surface area contributed by atoms with Gasteiger partial charge in [0.25, 0.3) is 0 Å². The summed E-state index contributed by atoms with van der Waals surface area (Å²) in [6.45, 7) is 0.581. The van der Waals surface area contributed by atoms with Crippen LogP contribution in [0, 0.1) is 0 Å². The SMILES string of the molecule is COc1ncc(-c2ccc3c(c2)C[C@@H](N)CO3)cn1. The van der Waals surface area contributed by atoms with Crippen molar-refractivity contribution >= 4 is 0 Å². The molecular weight excluding hydrogens is 242 g/mol. The lowest BCUT2D eigenvalue weighted by Gasteiger charge is -2.22. The molecule has 5 nitrogen and oxygen atoms in total. The molecule has 98 valence electrons. The fraction of sp³-hybridized carbons (Fsp3) is 0.286. The van der Waals surface area contributed by atoms with Gasteiger partial charge in [-0.05, 0) is 29.7 Å². The van der Waals surface area contributed by atoms with Gasteiger partial charge in [-0.25, -0.2) is 9.97 Å². The fourth-order valence-electron chi connectivity index (χ4n) is 2.17. The Morgan fingerprint density at radius 3 is 2.79 bits per heavy atom. The van der Waals surface area contributed by atoms with Crippen molar-refractivity contribution in [3.63, 3.8) is 0 Å². The smallest absolute Gasteiger partial charge is 0.316 e. The topological polar surface area (TPSA) is 70.3 Å². The Hall–Kier alpha value is -2.14. The number of fused-ring (bicyclic) bond motifs is 1. The van der Waals surface area contributed by atoms with Crippen molar-refractivity contribution in [2.24, 2.45) is 5.73 Å². The maximum atomic E-state index is 5.91. The van der Waals surface area contributed by atoms with Crippen molar-refractivity contribution < 1.29 is 9.47 Å². The molecule has 0 fully saturated rings. The Morgan fingerprint density at radius 2 is 2.05 bits per heavy atom. The van der Waals surface area contributed by atoms with Gasteiger partial charge in [-0.1, -0.05) is 6.07 Å². The van der Waals surface area contributed by atoms with Crippen LogP contribution in [0.1, 0.15) is 5.56 Å².